The Labute approximate surface area is 122 Å². The van der Waals surface area contributed by atoms with Gasteiger partial charge in [-0.25, -0.2) is 8.42 Å². The minimum atomic E-state index is -4.06. The van der Waals surface area contributed by atoms with E-state index in [2.05, 4.69) is 0 Å². The highest BCUT2D eigenvalue weighted by Gasteiger charge is 2.27. The maximum Gasteiger partial charge on any atom is 0.270 e. The number of aliphatic hydroxyl groups is 1. The summed E-state index contributed by atoms with van der Waals surface area (Å²) in [5.74, 6) is 0. The van der Waals surface area contributed by atoms with Gasteiger partial charge in [0.25, 0.3) is 5.69 Å². The van der Waals surface area contributed by atoms with Gasteiger partial charge in [-0.15, -0.1) is 0 Å². The van der Waals surface area contributed by atoms with Crippen molar-refractivity contribution in [2.75, 3.05) is 39.1 Å². The number of rotatable bonds is 8. The number of hydrogen-bond acceptors (Lipinski definition) is 7. The van der Waals surface area contributed by atoms with Gasteiger partial charge in [0.2, 0.25) is 10.0 Å². The van der Waals surface area contributed by atoms with Gasteiger partial charge in [0.15, 0.2) is 0 Å². The molecule has 0 spiro atoms. The Morgan fingerprint density at radius 1 is 1.43 bits per heavy atom. The SMILES string of the molecule is COCCN(CCO)S(=O)(=O)c1cc([N+](=O)[O-])ccc1N. The number of aliphatic hydroxyl groups excluding tert-OH is 1. The standard InChI is InChI=1S/C11H17N3O6S/c1-20-7-5-13(4-6-15)21(18,19)11-8-9(14(16)17)2-3-10(11)12/h2-3,8,15H,4-7,12H2,1H3. The zero-order valence-electron chi connectivity index (χ0n) is 11.4. The van der Waals surface area contributed by atoms with E-state index in [0.29, 0.717) is 0 Å². The highest BCUT2D eigenvalue weighted by molar-refractivity contribution is 7.89. The van der Waals surface area contributed by atoms with E-state index in [-0.39, 0.29) is 36.0 Å². The van der Waals surface area contributed by atoms with Crippen molar-refractivity contribution in [3.8, 4) is 0 Å². The Morgan fingerprint density at radius 2 is 2.10 bits per heavy atom. The lowest BCUT2D eigenvalue weighted by Gasteiger charge is -2.21. The molecule has 0 radical (unpaired) electrons. The van der Waals surface area contributed by atoms with Gasteiger partial charge >= 0.3 is 0 Å². The Kier molecular flexibility index (Phi) is 6.03. The van der Waals surface area contributed by atoms with E-state index in [1.807, 2.05) is 0 Å². The predicted octanol–water partition coefficient (Wildman–Crippen LogP) is -0.194. The van der Waals surface area contributed by atoms with Crippen molar-refractivity contribution in [3.05, 3.63) is 28.3 Å². The highest BCUT2D eigenvalue weighted by Crippen LogP contribution is 2.26. The van der Waals surface area contributed by atoms with E-state index in [9.17, 15) is 18.5 Å². The number of methoxy groups -OCH3 is 1. The first-order chi connectivity index (χ1) is 9.84. The fourth-order valence-electron chi connectivity index (χ4n) is 1.66. The topological polar surface area (TPSA) is 136 Å². The molecule has 1 rings (SSSR count). The number of nitrogen functional groups attached to an aromatic ring is 1. The van der Waals surface area contributed by atoms with Crippen LogP contribution >= 0.6 is 0 Å². The largest absolute Gasteiger partial charge is 0.398 e. The summed E-state index contributed by atoms with van der Waals surface area (Å²) in [7, 11) is -2.65. The number of nitro benzene ring substituents is 1. The van der Waals surface area contributed by atoms with Crippen LogP contribution in [0.25, 0.3) is 0 Å². The van der Waals surface area contributed by atoms with Gasteiger partial charge in [-0.2, -0.15) is 4.31 Å². The molecule has 21 heavy (non-hydrogen) atoms. The van der Waals surface area contributed by atoms with Crippen LogP contribution in [0.4, 0.5) is 11.4 Å². The van der Waals surface area contributed by atoms with E-state index >= 15 is 0 Å². The third-order valence-electron chi connectivity index (χ3n) is 2.72. The second-order valence-corrected chi connectivity index (χ2v) is 6.01. The van der Waals surface area contributed by atoms with E-state index in [0.717, 1.165) is 16.4 Å². The molecule has 0 aliphatic carbocycles. The minimum absolute atomic E-state index is 0.00151. The second kappa shape index (κ2) is 7.31. The number of non-ortho nitro benzene ring substituents is 1. The Hall–Kier alpha value is -1.75. The first kappa shape index (κ1) is 17.3. The van der Waals surface area contributed by atoms with Gasteiger partial charge in [0.05, 0.1) is 23.8 Å². The number of ether oxygens (including phenoxy) is 1. The molecule has 0 bridgehead atoms. The van der Waals surface area contributed by atoms with Crippen LogP contribution in [-0.4, -0.2) is 56.2 Å². The van der Waals surface area contributed by atoms with E-state index in [1.54, 1.807) is 0 Å². The fraction of sp³-hybridized carbons (Fsp3) is 0.455. The fourth-order valence-corrected chi connectivity index (χ4v) is 3.21. The molecule has 0 aliphatic heterocycles. The summed E-state index contributed by atoms with van der Waals surface area (Å²) >= 11 is 0. The first-order valence-electron chi connectivity index (χ1n) is 5.98. The lowest BCUT2D eigenvalue weighted by molar-refractivity contribution is -0.385. The summed E-state index contributed by atoms with van der Waals surface area (Å²) in [6.07, 6.45) is 0. The van der Waals surface area contributed by atoms with Crippen molar-refractivity contribution < 1.29 is 23.2 Å². The Balaban J connectivity index is 3.26. The van der Waals surface area contributed by atoms with Crippen LogP contribution < -0.4 is 5.73 Å². The maximum atomic E-state index is 12.5. The van der Waals surface area contributed by atoms with Gasteiger partial charge in [-0.05, 0) is 6.07 Å². The van der Waals surface area contributed by atoms with Crippen LogP contribution in [0.2, 0.25) is 0 Å². The quantitative estimate of drug-likeness (QED) is 0.385. The van der Waals surface area contributed by atoms with Crippen LogP contribution in [-0.2, 0) is 14.8 Å². The zero-order chi connectivity index (χ0) is 16.0. The molecule has 0 heterocycles. The average Bonchev–Trinajstić information content (AvgIpc) is 2.43. The molecule has 0 amide bonds. The van der Waals surface area contributed by atoms with E-state index in [4.69, 9.17) is 15.6 Å². The van der Waals surface area contributed by atoms with Crippen LogP contribution in [0, 0.1) is 10.1 Å². The number of sulfonamides is 1. The summed E-state index contributed by atoms with van der Waals surface area (Å²) in [5, 5.41) is 19.7. The summed E-state index contributed by atoms with van der Waals surface area (Å²) in [4.78, 5) is 9.69. The molecule has 118 valence electrons. The molecule has 1 aromatic carbocycles. The third-order valence-corrected chi connectivity index (χ3v) is 4.67. The summed E-state index contributed by atoms with van der Waals surface area (Å²) < 4.78 is 30.7. The van der Waals surface area contributed by atoms with Gasteiger partial charge < -0.3 is 15.6 Å². The van der Waals surface area contributed by atoms with Crippen molar-refractivity contribution in [2.24, 2.45) is 0 Å². The molecule has 0 saturated carbocycles. The molecule has 3 N–H and O–H groups in total. The number of nitrogens with zero attached hydrogens (tertiary/aromatic N) is 2. The molecule has 0 aromatic heterocycles. The Morgan fingerprint density at radius 3 is 2.62 bits per heavy atom. The molecule has 0 aliphatic rings. The second-order valence-electron chi connectivity index (χ2n) is 4.10. The molecule has 0 atom stereocenters. The van der Waals surface area contributed by atoms with E-state index < -0.39 is 21.6 Å². The van der Waals surface area contributed by atoms with Crippen molar-refractivity contribution in [1.29, 1.82) is 0 Å². The van der Waals surface area contributed by atoms with Gasteiger partial charge in [-0.3, -0.25) is 10.1 Å². The number of hydrogen-bond donors (Lipinski definition) is 2. The first-order valence-corrected chi connectivity index (χ1v) is 7.42. The molecule has 0 saturated heterocycles. The van der Waals surface area contributed by atoms with Crippen LogP contribution in [0.3, 0.4) is 0 Å². The number of nitro groups is 1. The summed E-state index contributed by atoms with van der Waals surface area (Å²) in [6.45, 7) is -0.429. The molecule has 0 fully saturated rings. The zero-order valence-corrected chi connectivity index (χ0v) is 12.2. The van der Waals surface area contributed by atoms with Crippen LogP contribution in [0.15, 0.2) is 23.1 Å². The molecule has 10 heteroatoms. The van der Waals surface area contributed by atoms with Crippen molar-refractivity contribution >= 4 is 21.4 Å². The number of nitrogens with two attached hydrogens (primary N) is 1. The normalized spacial score (nSPS) is 11.8. The summed E-state index contributed by atoms with van der Waals surface area (Å²) in [5.41, 5.74) is 5.14. The van der Waals surface area contributed by atoms with Crippen molar-refractivity contribution in [1.82, 2.24) is 4.31 Å². The molecule has 9 nitrogen and oxygen atoms in total. The molecule has 0 unspecified atom stereocenters. The van der Waals surface area contributed by atoms with Gasteiger partial charge in [0.1, 0.15) is 4.90 Å². The molecular weight excluding hydrogens is 302 g/mol. The molecule has 1 aromatic rings. The summed E-state index contributed by atoms with van der Waals surface area (Å²) in [6, 6.07) is 3.19. The maximum absolute atomic E-state index is 12.5. The minimum Gasteiger partial charge on any atom is -0.398 e. The smallest absolute Gasteiger partial charge is 0.270 e. The van der Waals surface area contributed by atoms with Crippen LogP contribution in [0.5, 0.6) is 0 Å². The van der Waals surface area contributed by atoms with Gasteiger partial charge in [-0.1, -0.05) is 0 Å². The van der Waals surface area contributed by atoms with Crippen molar-refractivity contribution in [2.45, 2.75) is 4.90 Å². The monoisotopic (exact) mass is 319 g/mol. The van der Waals surface area contributed by atoms with Crippen LogP contribution in [0.1, 0.15) is 0 Å². The predicted molar refractivity (Wildman–Crippen MR) is 75.2 cm³/mol. The molecular formula is C11H17N3O6S. The third kappa shape index (κ3) is 4.11. The van der Waals surface area contributed by atoms with E-state index in [1.165, 1.54) is 13.2 Å². The number of anilines is 1. The van der Waals surface area contributed by atoms with Crippen molar-refractivity contribution in [3.63, 3.8) is 0 Å². The average molecular weight is 319 g/mol. The lowest BCUT2D eigenvalue weighted by atomic mass is 10.3. The van der Waals surface area contributed by atoms with Gasteiger partial charge in [0, 0.05) is 32.3 Å². The number of benzene rings is 1. The Bertz CT molecular complexity index is 604. The highest BCUT2D eigenvalue weighted by atomic mass is 32.2. The lowest BCUT2D eigenvalue weighted by Crippen LogP contribution is -2.36.